The van der Waals surface area contributed by atoms with Gasteiger partial charge in [-0.3, -0.25) is 9.20 Å². The molecule has 1 N–H and O–H groups in total. The van der Waals surface area contributed by atoms with Crippen molar-refractivity contribution in [3.8, 4) is 11.6 Å². The van der Waals surface area contributed by atoms with Gasteiger partial charge in [0.15, 0.2) is 11.3 Å². The van der Waals surface area contributed by atoms with Crippen LogP contribution in [0.4, 0.5) is 23.4 Å². The Morgan fingerprint density at radius 2 is 1.90 bits per heavy atom. The summed E-state index contributed by atoms with van der Waals surface area (Å²) in [4.78, 5) is 12.9. The number of nitrogens with zero attached hydrogens (tertiary/aromatic N) is 5. The third-order valence-corrected chi connectivity index (χ3v) is 4.21. The Morgan fingerprint density at radius 1 is 1.10 bits per heavy atom. The summed E-state index contributed by atoms with van der Waals surface area (Å²) in [6.07, 6.45) is -3.50. The van der Waals surface area contributed by atoms with Gasteiger partial charge in [-0.2, -0.15) is 13.2 Å². The van der Waals surface area contributed by atoms with E-state index in [9.17, 15) is 22.4 Å². The number of amides is 1. The van der Waals surface area contributed by atoms with Crippen molar-refractivity contribution in [1.29, 1.82) is 0 Å². The zero-order valence-electron chi connectivity index (χ0n) is 15.7. The average molecular weight is 432 g/mol. The first kappa shape index (κ1) is 20.2. The van der Waals surface area contributed by atoms with Gasteiger partial charge in [0.1, 0.15) is 29.3 Å². The molecule has 3 heterocycles. The number of alkyl halides is 3. The van der Waals surface area contributed by atoms with Crippen molar-refractivity contribution in [1.82, 2.24) is 24.8 Å². The van der Waals surface area contributed by atoms with E-state index in [0.29, 0.717) is 17.3 Å². The molecule has 0 saturated carbocycles. The maximum atomic E-state index is 13.3. The second-order valence-corrected chi connectivity index (χ2v) is 6.38. The topological polar surface area (TPSA) is 94.3 Å². The number of hydrogen-bond acceptors (Lipinski definition) is 6. The van der Waals surface area contributed by atoms with E-state index in [4.69, 9.17) is 4.74 Å². The van der Waals surface area contributed by atoms with Gasteiger partial charge in [-0.1, -0.05) is 6.07 Å². The number of carbonyl (C=O) groups is 1. The minimum Gasteiger partial charge on any atom is -0.437 e. The average Bonchev–Trinajstić information content (AvgIpc) is 3.19. The summed E-state index contributed by atoms with van der Waals surface area (Å²) >= 11 is 0. The molecule has 4 rings (SSSR count). The summed E-state index contributed by atoms with van der Waals surface area (Å²) in [6, 6.07) is 8.80. The Bertz CT molecular complexity index is 1290. The Labute approximate surface area is 171 Å². The minimum atomic E-state index is -4.83. The monoisotopic (exact) mass is 432 g/mol. The predicted octanol–water partition coefficient (Wildman–Crippen LogP) is 4.03. The number of nitrogens with one attached hydrogen (secondary N) is 1. The number of fused-ring (bicyclic) bond motifs is 1. The fraction of sp³-hybridized carbons (Fsp3) is 0.105. The molecule has 0 fully saturated rings. The molecule has 0 atom stereocenters. The van der Waals surface area contributed by atoms with Crippen LogP contribution < -0.4 is 10.1 Å². The van der Waals surface area contributed by atoms with Crippen LogP contribution in [0.2, 0.25) is 0 Å². The molecule has 12 heteroatoms. The van der Waals surface area contributed by atoms with Gasteiger partial charge in [0, 0.05) is 0 Å². The molecular formula is C19H12F4N6O2. The fourth-order valence-electron chi connectivity index (χ4n) is 2.72. The lowest BCUT2D eigenvalue weighted by molar-refractivity contribution is -0.141. The Morgan fingerprint density at radius 3 is 2.65 bits per heavy atom. The van der Waals surface area contributed by atoms with Gasteiger partial charge in [-0.05, 0) is 48.9 Å². The van der Waals surface area contributed by atoms with Crippen LogP contribution in [0.1, 0.15) is 21.6 Å². The summed E-state index contributed by atoms with van der Waals surface area (Å²) in [5.41, 5.74) is -1.12. The molecule has 0 aliphatic heterocycles. The van der Waals surface area contributed by atoms with Crippen molar-refractivity contribution in [2.24, 2.45) is 0 Å². The molecule has 1 amide bonds. The molecule has 1 aromatic carbocycles. The van der Waals surface area contributed by atoms with Crippen LogP contribution in [0.5, 0.6) is 11.6 Å². The zero-order valence-corrected chi connectivity index (χ0v) is 15.7. The van der Waals surface area contributed by atoms with Crippen LogP contribution >= 0.6 is 0 Å². The highest BCUT2D eigenvalue weighted by Crippen LogP contribution is 2.32. The standard InChI is InChI=1S/C19H12F4N6O2/c1-10-7-11(20)5-6-13(10)31-18-12(8-14(26-28-18)19(21,22)23)17(30)25-15-3-2-4-16-27-24-9-29(15)16/h2-9H,1H3,(H,25,30). The smallest absolute Gasteiger partial charge is 0.435 e. The Kier molecular flexibility index (Phi) is 4.97. The Balaban J connectivity index is 1.74. The summed E-state index contributed by atoms with van der Waals surface area (Å²) in [7, 11) is 0. The number of ether oxygens (including phenoxy) is 1. The van der Waals surface area contributed by atoms with Crippen molar-refractivity contribution >= 4 is 17.4 Å². The van der Waals surface area contributed by atoms with E-state index >= 15 is 0 Å². The summed E-state index contributed by atoms with van der Waals surface area (Å²) < 4.78 is 59.7. The molecule has 8 nitrogen and oxygen atoms in total. The number of benzene rings is 1. The molecular weight excluding hydrogens is 420 g/mol. The van der Waals surface area contributed by atoms with Crippen molar-refractivity contribution in [2.45, 2.75) is 13.1 Å². The summed E-state index contributed by atoms with van der Waals surface area (Å²) in [5, 5.41) is 16.6. The van der Waals surface area contributed by atoms with Crippen LogP contribution in [0.25, 0.3) is 5.65 Å². The van der Waals surface area contributed by atoms with Crippen LogP contribution in [0.3, 0.4) is 0 Å². The highest BCUT2D eigenvalue weighted by Gasteiger charge is 2.35. The maximum absolute atomic E-state index is 13.3. The summed E-state index contributed by atoms with van der Waals surface area (Å²) in [5.74, 6) is -1.62. The van der Waals surface area contributed by atoms with E-state index in [1.165, 1.54) is 35.9 Å². The zero-order chi connectivity index (χ0) is 22.2. The van der Waals surface area contributed by atoms with Crippen molar-refractivity contribution in [3.05, 3.63) is 71.4 Å². The fourth-order valence-corrected chi connectivity index (χ4v) is 2.72. The van der Waals surface area contributed by atoms with Gasteiger partial charge >= 0.3 is 6.18 Å². The number of rotatable bonds is 4. The second kappa shape index (κ2) is 7.63. The molecule has 0 radical (unpaired) electrons. The van der Waals surface area contributed by atoms with Gasteiger partial charge in [-0.25, -0.2) is 4.39 Å². The lowest BCUT2D eigenvalue weighted by Crippen LogP contribution is -2.19. The highest BCUT2D eigenvalue weighted by atomic mass is 19.4. The SMILES string of the molecule is Cc1cc(F)ccc1Oc1nnc(C(F)(F)F)cc1C(=O)Nc1cccc2nncn12. The lowest BCUT2D eigenvalue weighted by atomic mass is 10.2. The van der Waals surface area contributed by atoms with Crippen LogP contribution in [-0.2, 0) is 6.18 Å². The van der Waals surface area contributed by atoms with E-state index in [1.807, 2.05) is 0 Å². The van der Waals surface area contributed by atoms with Crippen LogP contribution in [0.15, 0.2) is 48.8 Å². The van der Waals surface area contributed by atoms with Crippen LogP contribution in [0, 0.1) is 12.7 Å². The third-order valence-electron chi connectivity index (χ3n) is 4.21. The third kappa shape index (κ3) is 4.13. The van der Waals surface area contributed by atoms with Crippen molar-refractivity contribution in [2.75, 3.05) is 5.32 Å². The number of halogens is 4. The minimum absolute atomic E-state index is 0.102. The molecule has 0 unspecified atom stereocenters. The van der Waals surface area contributed by atoms with Gasteiger partial charge in [0.25, 0.3) is 11.8 Å². The number of aromatic nitrogens is 5. The van der Waals surface area contributed by atoms with Crippen molar-refractivity contribution in [3.63, 3.8) is 0 Å². The molecule has 0 bridgehead atoms. The lowest BCUT2D eigenvalue weighted by Gasteiger charge is -2.14. The molecule has 3 aromatic heterocycles. The molecule has 158 valence electrons. The largest absolute Gasteiger partial charge is 0.437 e. The Hall–Kier alpha value is -4.09. The number of carbonyl (C=O) groups excluding carboxylic acids is 1. The van der Waals surface area contributed by atoms with Gasteiger partial charge in [0.05, 0.1) is 0 Å². The first-order chi connectivity index (χ1) is 14.7. The quantitative estimate of drug-likeness (QED) is 0.490. The van der Waals surface area contributed by atoms with E-state index in [0.717, 1.165) is 6.07 Å². The summed E-state index contributed by atoms with van der Waals surface area (Å²) in [6.45, 7) is 1.53. The first-order valence-electron chi connectivity index (χ1n) is 8.71. The van der Waals surface area contributed by atoms with E-state index in [1.54, 1.807) is 12.1 Å². The molecule has 31 heavy (non-hydrogen) atoms. The normalized spacial score (nSPS) is 11.5. The van der Waals surface area contributed by atoms with Gasteiger partial charge in [-0.15, -0.1) is 20.4 Å². The number of aryl methyl sites for hydroxylation is 1. The van der Waals surface area contributed by atoms with Crippen molar-refractivity contribution < 1.29 is 27.1 Å². The van der Waals surface area contributed by atoms with Crippen LogP contribution in [-0.4, -0.2) is 30.7 Å². The number of pyridine rings is 1. The molecule has 4 aromatic rings. The first-order valence-corrected chi connectivity index (χ1v) is 8.71. The number of hydrogen-bond donors (Lipinski definition) is 1. The second-order valence-electron chi connectivity index (χ2n) is 6.38. The predicted molar refractivity (Wildman–Crippen MR) is 99.2 cm³/mol. The van der Waals surface area contributed by atoms with E-state index < -0.39 is 35.0 Å². The molecule has 0 spiro atoms. The van der Waals surface area contributed by atoms with Gasteiger partial charge in [0.2, 0.25) is 0 Å². The number of anilines is 1. The van der Waals surface area contributed by atoms with Gasteiger partial charge < -0.3 is 10.1 Å². The molecule has 0 saturated heterocycles. The molecule has 0 aliphatic carbocycles. The van der Waals surface area contributed by atoms with E-state index in [-0.39, 0.29) is 11.6 Å². The highest BCUT2D eigenvalue weighted by molar-refractivity contribution is 6.05. The molecule has 0 aliphatic rings. The maximum Gasteiger partial charge on any atom is 0.435 e. The van der Waals surface area contributed by atoms with E-state index in [2.05, 4.69) is 25.7 Å².